The van der Waals surface area contributed by atoms with Gasteiger partial charge in [0.15, 0.2) is 0 Å². The molecule has 0 fully saturated rings. The summed E-state index contributed by atoms with van der Waals surface area (Å²) in [6.45, 7) is 1.45. The Balaban J connectivity index is 1.58. The van der Waals surface area contributed by atoms with E-state index in [1.165, 1.54) is 25.1 Å². The minimum Gasteiger partial charge on any atom is -0.394 e. The van der Waals surface area contributed by atoms with Crippen LogP contribution in [-0.2, 0) is 29.5 Å². The van der Waals surface area contributed by atoms with Gasteiger partial charge in [-0.05, 0) is 81.6 Å². The van der Waals surface area contributed by atoms with Crippen molar-refractivity contribution in [2.45, 2.75) is 31.9 Å². The first-order valence-corrected chi connectivity index (χ1v) is 16.6. The number of rotatable bonds is 3. The molecule has 0 radical (unpaired) electrons. The van der Waals surface area contributed by atoms with Crippen LogP contribution >= 0.6 is 7.82 Å². The maximum atomic E-state index is 14.2. The van der Waals surface area contributed by atoms with Crippen molar-refractivity contribution >= 4 is 29.4 Å². The van der Waals surface area contributed by atoms with Crippen LogP contribution in [0.1, 0.15) is 33.4 Å². The molecule has 6 aromatic carbocycles. The molecule has 0 saturated carbocycles. The summed E-state index contributed by atoms with van der Waals surface area (Å²) >= 11 is 0. The summed E-state index contributed by atoms with van der Waals surface area (Å²) in [6, 6.07) is 20.4. The standard InChI is InChI=1S/C37H22F9O4P/c1-19-12-23(16-26(13-19)36(41,42)43)29-17-21-7-3-5-9-28(21)32-31-27-8-4-2-6-20(27)14-24(33(31)49-51(47,48)50-34(29)32)15-22-10-11-25(35(38,39)40)18-30(22)37(44,45)46/h2-14,16-18H,15H2,1H3,(H,47,48). The molecule has 14 heteroatoms. The number of aryl methyl sites for hydroxylation is 1. The van der Waals surface area contributed by atoms with Crippen LogP contribution < -0.4 is 9.05 Å². The smallest absolute Gasteiger partial charge is 0.394 e. The fourth-order valence-electron chi connectivity index (χ4n) is 6.48. The minimum atomic E-state index is -5.25. The molecule has 51 heavy (non-hydrogen) atoms. The molecule has 262 valence electrons. The molecule has 6 aromatic rings. The Bertz CT molecular complexity index is 2430. The fraction of sp³-hybridized carbons (Fsp3) is 0.135. The molecule has 1 aliphatic heterocycles. The third-order valence-electron chi connectivity index (χ3n) is 8.58. The van der Waals surface area contributed by atoms with E-state index >= 15 is 0 Å². The zero-order valence-corrected chi connectivity index (χ0v) is 26.9. The maximum absolute atomic E-state index is 14.2. The first-order valence-electron chi connectivity index (χ1n) is 15.1. The van der Waals surface area contributed by atoms with Gasteiger partial charge in [-0.15, -0.1) is 0 Å². The predicted octanol–water partition coefficient (Wildman–Crippen LogP) is 12.2. The highest BCUT2D eigenvalue weighted by atomic mass is 31.2. The zero-order chi connectivity index (χ0) is 36.7. The van der Waals surface area contributed by atoms with E-state index < -0.39 is 55.0 Å². The summed E-state index contributed by atoms with van der Waals surface area (Å²) in [5.74, 6) is -0.696. The predicted molar refractivity (Wildman–Crippen MR) is 172 cm³/mol. The molecule has 1 heterocycles. The van der Waals surface area contributed by atoms with E-state index in [0.29, 0.717) is 33.7 Å². The normalized spacial score (nSPS) is 16.3. The fourth-order valence-corrected chi connectivity index (χ4v) is 7.38. The van der Waals surface area contributed by atoms with Crippen molar-refractivity contribution in [2.75, 3.05) is 0 Å². The number of hydrogen-bond donors (Lipinski definition) is 1. The number of phosphoric acid groups is 1. The lowest BCUT2D eigenvalue weighted by molar-refractivity contribution is -0.143. The largest absolute Gasteiger partial charge is 0.584 e. The third kappa shape index (κ3) is 6.40. The average molecular weight is 733 g/mol. The van der Waals surface area contributed by atoms with E-state index in [1.54, 1.807) is 48.5 Å². The Kier molecular flexibility index (Phi) is 7.96. The molecule has 1 atom stereocenters. The van der Waals surface area contributed by atoms with Crippen LogP contribution in [0.25, 0.3) is 43.8 Å². The Hall–Kier alpha value is -5.00. The minimum absolute atomic E-state index is 0.000191. The highest BCUT2D eigenvalue weighted by Crippen LogP contribution is 2.60. The Morgan fingerprint density at radius 1 is 0.608 bits per heavy atom. The first kappa shape index (κ1) is 34.4. The van der Waals surface area contributed by atoms with Crippen molar-refractivity contribution in [3.05, 3.63) is 130 Å². The molecule has 1 unspecified atom stereocenters. The highest BCUT2D eigenvalue weighted by molar-refractivity contribution is 7.48. The molecule has 0 aliphatic carbocycles. The van der Waals surface area contributed by atoms with Crippen LogP contribution in [-0.4, -0.2) is 4.89 Å². The van der Waals surface area contributed by atoms with Gasteiger partial charge in [0.05, 0.1) is 16.7 Å². The molecule has 0 spiro atoms. The Morgan fingerprint density at radius 2 is 1.18 bits per heavy atom. The Morgan fingerprint density at radius 3 is 1.78 bits per heavy atom. The molecule has 0 saturated heterocycles. The average Bonchev–Trinajstić information content (AvgIpc) is 3.16. The zero-order valence-electron chi connectivity index (χ0n) is 26.0. The summed E-state index contributed by atoms with van der Waals surface area (Å²) in [5.41, 5.74) is -4.31. The van der Waals surface area contributed by atoms with Gasteiger partial charge in [0.25, 0.3) is 0 Å². The van der Waals surface area contributed by atoms with Gasteiger partial charge in [-0.3, -0.25) is 4.89 Å². The molecule has 0 aromatic heterocycles. The molecular weight excluding hydrogens is 710 g/mol. The molecule has 1 aliphatic rings. The lowest BCUT2D eigenvalue weighted by atomic mass is 9.86. The molecule has 4 nitrogen and oxygen atoms in total. The highest BCUT2D eigenvalue weighted by Gasteiger charge is 2.41. The second-order valence-electron chi connectivity index (χ2n) is 12.1. The lowest BCUT2D eigenvalue weighted by Gasteiger charge is -2.20. The topological polar surface area (TPSA) is 55.8 Å². The number of benzene rings is 6. The molecule has 0 amide bonds. The van der Waals surface area contributed by atoms with Crippen molar-refractivity contribution < 1.29 is 58.0 Å². The van der Waals surface area contributed by atoms with E-state index in [2.05, 4.69) is 0 Å². The van der Waals surface area contributed by atoms with Gasteiger partial charge in [0.1, 0.15) is 11.5 Å². The maximum Gasteiger partial charge on any atom is 0.584 e. The number of halogens is 9. The van der Waals surface area contributed by atoms with E-state index in [0.717, 1.165) is 12.1 Å². The van der Waals surface area contributed by atoms with Gasteiger partial charge in [0, 0.05) is 28.7 Å². The summed E-state index contributed by atoms with van der Waals surface area (Å²) in [6.07, 6.45) is -15.7. The van der Waals surface area contributed by atoms with Gasteiger partial charge in [0.2, 0.25) is 0 Å². The van der Waals surface area contributed by atoms with E-state index in [9.17, 15) is 49.0 Å². The van der Waals surface area contributed by atoms with Gasteiger partial charge < -0.3 is 9.05 Å². The van der Waals surface area contributed by atoms with Crippen LogP contribution in [0.15, 0.2) is 97.1 Å². The van der Waals surface area contributed by atoms with Gasteiger partial charge in [-0.2, -0.15) is 39.5 Å². The second kappa shape index (κ2) is 11.8. The number of hydrogen-bond acceptors (Lipinski definition) is 3. The van der Waals surface area contributed by atoms with Crippen LogP contribution in [0, 0.1) is 6.92 Å². The monoisotopic (exact) mass is 732 g/mol. The third-order valence-corrected chi connectivity index (χ3v) is 9.41. The van der Waals surface area contributed by atoms with E-state index in [-0.39, 0.29) is 50.9 Å². The second-order valence-corrected chi connectivity index (χ2v) is 13.4. The lowest BCUT2D eigenvalue weighted by Crippen LogP contribution is -2.14. The van der Waals surface area contributed by atoms with Crippen LogP contribution in [0.3, 0.4) is 0 Å². The van der Waals surface area contributed by atoms with Crippen LogP contribution in [0.2, 0.25) is 0 Å². The SMILES string of the molecule is Cc1cc(-c2cc3ccccc3c3c2OP(=O)(O)Oc2c(Cc4ccc(C(F)(F)F)cc4C(F)(F)F)cc4ccccc4c2-3)cc(C(F)(F)F)c1. The number of fused-ring (bicyclic) bond motifs is 7. The quantitative estimate of drug-likeness (QED) is 0.145. The summed E-state index contributed by atoms with van der Waals surface area (Å²) in [4.78, 5) is 11.1. The molecule has 0 bridgehead atoms. The van der Waals surface area contributed by atoms with Gasteiger partial charge >= 0.3 is 26.4 Å². The number of phosphoric ester groups is 1. The van der Waals surface area contributed by atoms with Crippen molar-refractivity contribution in [1.29, 1.82) is 0 Å². The summed E-state index contributed by atoms with van der Waals surface area (Å²) in [5, 5.41) is 1.68. The summed E-state index contributed by atoms with van der Waals surface area (Å²) in [7, 11) is -5.25. The van der Waals surface area contributed by atoms with Crippen molar-refractivity contribution in [1.82, 2.24) is 0 Å². The van der Waals surface area contributed by atoms with E-state index in [4.69, 9.17) is 9.05 Å². The first-order chi connectivity index (χ1) is 23.8. The van der Waals surface area contributed by atoms with Gasteiger partial charge in [-0.1, -0.05) is 60.7 Å². The van der Waals surface area contributed by atoms with Crippen molar-refractivity contribution in [3.8, 4) is 33.8 Å². The van der Waals surface area contributed by atoms with Crippen LogP contribution in [0.4, 0.5) is 39.5 Å². The van der Waals surface area contributed by atoms with E-state index in [1.807, 2.05) is 0 Å². The van der Waals surface area contributed by atoms with Crippen molar-refractivity contribution in [2.24, 2.45) is 0 Å². The van der Waals surface area contributed by atoms with Gasteiger partial charge in [-0.25, -0.2) is 4.57 Å². The molecule has 7 rings (SSSR count). The number of alkyl halides is 9. The van der Waals surface area contributed by atoms with Crippen molar-refractivity contribution in [3.63, 3.8) is 0 Å². The molecule has 1 N–H and O–H groups in total. The van der Waals surface area contributed by atoms with Crippen LogP contribution in [0.5, 0.6) is 11.5 Å². The molecular formula is C37H22F9O4P. The summed E-state index contributed by atoms with van der Waals surface area (Å²) < 4.78 is 150. The Labute approximate surface area is 283 Å².